The van der Waals surface area contributed by atoms with E-state index in [9.17, 15) is 4.79 Å². The lowest BCUT2D eigenvalue weighted by atomic mass is 10.1. The summed E-state index contributed by atoms with van der Waals surface area (Å²) in [5, 5.41) is 2.64. The van der Waals surface area contributed by atoms with Crippen molar-refractivity contribution in [1.82, 2.24) is 10.2 Å². The van der Waals surface area contributed by atoms with E-state index in [-0.39, 0.29) is 5.91 Å². The van der Waals surface area contributed by atoms with Crippen LogP contribution in [0.5, 0.6) is 0 Å². The topological polar surface area (TPSA) is 61.6 Å². The Kier molecular flexibility index (Phi) is 3.95. The van der Waals surface area contributed by atoms with Gasteiger partial charge in [0.25, 0.3) is 5.91 Å². The number of rotatable bonds is 3. The molecule has 3 N–H and O–H groups in total. The lowest BCUT2D eigenvalue weighted by Crippen LogP contribution is -2.31. The Balaban J connectivity index is 2.22. The molecule has 19 heavy (non-hydrogen) atoms. The summed E-state index contributed by atoms with van der Waals surface area (Å²) < 4.78 is 0. The molecule has 0 radical (unpaired) electrons. The van der Waals surface area contributed by atoms with Crippen molar-refractivity contribution in [2.75, 3.05) is 44.9 Å². The number of anilines is 2. The maximum Gasteiger partial charge on any atom is 0.251 e. The molecule has 1 heterocycles. The van der Waals surface area contributed by atoms with Gasteiger partial charge < -0.3 is 20.9 Å². The van der Waals surface area contributed by atoms with Crippen LogP contribution in [0.25, 0.3) is 0 Å². The van der Waals surface area contributed by atoms with Crippen molar-refractivity contribution in [2.45, 2.75) is 12.5 Å². The normalized spacial score (nSPS) is 18.9. The molecule has 0 bridgehead atoms. The summed E-state index contributed by atoms with van der Waals surface area (Å²) in [5.74, 6) is -0.0791. The van der Waals surface area contributed by atoms with Gasteiger partial charge in [0.05, 0.1) is 11.4 Å². The average Bonchev–Trinajstić information content (AvgIpc) is 2.88. The molecular formula is C14H22N4O. The van der Waals surface area contributed by atoms with Crippen molar-refractivity contribution in [3.05, 3.63) is 23.8 Å². The van der Waals surface area contributed by atoms with Crippen LogP contribution in [-0.2, 0) is 0 Å². The first kappa shape index (κ1) is 13.7. The Morgan fingerprint density at radius 3 is 2.79 bits per heavy atom. The zero-order valence-corrected chi connectivity index (χ0v) is 11.8. The third kappa shape index (κ3) is 2.81. The third-order valence-corrected chi connectivity index (χ3v) is 3.75. The van der Waals surface area contributed by atoms with E-state index in [0.717, 1.165) is 30.9 Å². The van der Waals surface area contributed by atoms with E-state index >= 15 is 0 Å². The van der Waals surface area contributed by atoms with Crippen molar-refractivity contribution < 1.29 is 4.79 Å². The van der Waals surface area contributed by atoms with E-state index in [1.807, 2.05) is 12.1 Å². The zero-order valence-electron chi connectivity index (χ0n) is 11.8. The fraction of sp³-hybridized carbons (Fsp3) is 0.500. The maximum absolute atomic E-state index is 11.7. The Labute approximate surface area is 114 Å². The molecule has 0 saturated carbocycles. The molecule has 5 heteroatoms. The lowest BCUT2D eigenvalue weighted by Gasteiger charge is -2.23. The number of nitrogens with zero attached hydrogens (tertiary/aromatic N) is 2. The molecule has 104 valence electrons. The molecule has 1 aliphatic heterocycles. The molecule has 1 aromatic rings. The van der Waals surface area contributed by atoms with Gasteiger partial charge in [0.1, 0.15) is 0 Å². The van der Waals surface area contributed by atoms with E-state index < -0.39 is 0 Å². The highest BCUT2D eigenvalue weighted by molar-refractivity contribution is 5.96. The molecule has 5 nitrogen and oxygen atoms in total. The molecular weight excluding hydrogens is 240 g/mol. The molecule has 0 spiro atoms. The summed E-state index contributed by atoms with van der Waals surface area (Å²) >= 11 is 0. The Bertz CT molecular complexity index is 473. The molecule has 1 unspecified atom stereocenters. The molecule has 1 atom stereocenters. The number of nitrogen functional groups attached to an aromatic ring is 1. The van der Waals surface area contributed by atoms with Crippen LogP contribution < -0.4 is 16.0 Å². The number of benzene rings is 1. The average molecular weight is 262 g/mol. The van der Waals surface area contributed by atoms with Gasteiger partial charge in [-0.1, -0.05) is 0 Å². The molecule has 2 rings (SSSR count). The molecule has 1 aliphatic rings. The van der Waals surface area contributed by atoms with Gasteiger partial charge in [0.2, 0.25) is 0 Å². The highest BCUT2D eigenvalue weighted by atomic mass is 16.1. The largest absolute Gasteiger partial charge is 0.397 e. The van der Waals surface area contributed by atoms with Gasteiger partial charge in [-0.05, 0) is 38.7 Å². The molecule has 1 aromatic carbocycles. The van der Waals surface area contributed by atoms with Gasteiger partial charge in [0, 0.05) is 31.7 Å². The minimum absolute atomic E-state index is 0.0791. The lowest BCUT2D eigenvalue weighted by molar-refractivity contribution is 0.0963. The van der Waals surface area contributed by atoms with E-state index in [4.69, 9.17) is 5.73 Å². The van der Waals surface area contributed by atoms with Crippen molar-refractivity contribution in [1.29, 1.82) is 0 Å². The maximum atomic E-state index is 11.7. The molecule has 0 aromatic heterocycles. The second-order valence-electron chi connectivity index (χ2n) is 5.20. The minimum Gasteiger partial charge on any atom is -0.397 e. The second-order valence-corrected chi connectivity index (χ2v) is 5.20. The minimum atomic E-state index is -0.0791. The van der Waals surface area contributed by atoms with Crippen LogP contribution in [0.1, 0.15) is 16.8 Å². The van der Waals surface area contributed by atoms with Gasteiger partial charge in [0.15, 0.2) is 0 Å². The van der Waals surface area contributed by atoms with E-state index in [2.05, 4.69) is 29.2 Å². The molecule has 1 amide bonds. The molecule has 1 saturated heterocycles. The van der Waals surface area contributed by atoms with Crippen molar-refractivity contribution in [3.8, 4) is 0 Å². The smallest absolute Gasteiger partial charge is 0.251 e. The SMILES string of the molecule is CNC(=O)c1ccc(N)c(N2CCC(N(C)C)C2)c1. The van der Waals surface area contributed by atoms with Crippen LogP contribution in [0.2, 0.25) is 0 Å². The molecule has 0 aliphatic carbocycles. The Hall–Kier alpha value is -1.75. The Morgan fingerprint density at radius 1 is 1.47 bits per heavy atom. The first-order valence-corrected chi connectivity index (χ1v) is 6.56. The van der Waals surface area contributed by atoms with Gasteiger partial charge in [-0.25, -0.2) is 0 Å². The summed E-state index contributed by atoms with van der Waals surface area (Å²) in [6.45, 7) is 1.93. The first-order valence-electron chi connectivity index (χ1n) is 6.56. The number of likely N-dealkylation sites (N-methyl/N-ethyl adjacent to an activating group) is 1. The fourth-order valence-corrected chi connectivity index (χ4v) is 2.49. The predicted molar refractivity (Wildman–Crippen MR) is 78.5 cm³/mol. The third-order valence-electron chi connectivity index (χ3n) is 3.75. The van der Waals surface area contributed by atoms with Crippen LogP contribution in [-0.4, -0.2) is 51.1 Å². The van der Waals surface area contributed by atoms with Crippen molar-refractivity contribution in [3.63, 3.8) is 0 Å². The highest BCUT2D eigenvalue weighted by Crippen LogP contribution is 2.28. The van der Waals surface area contributed by atoms with Crippen LogP contribution in [0.15, 0.2) is 18.2 Å². The summed E-state index contributed by atoms with van der Waals surface area (Å²) in [5.41, 5.74) is 8.39. The number of nitrogens with two attached hydrogens (primary N) is 1. The fourth-order valence-electron chi connectivity index (χ4n) is 2.49. The standard InChI is InChI=1S/C14H22N4O/c1-16-14(19)10-4-5-12(15)13(8-10)18-7-6-11(9-18)17(2)3/h4-5,8,11H,6-7,9,15H2,1-3H3,(H,16,19). The van der Waals surface area contributed by atoms with Crippen molar-refractivity contribution in [2.24, 2.45) is 0 Å². The van der Waals surface area contributed by atoms with E-state index in [1.54, 1.807) is 13.1 Å². The van der Waals surface area contributed by atoms with Gasteiger partial charge in [-0.2, -0.15) is 0 Å². The number of carbonyl (C=O) groups excluding carboxylic acids is 1. The summed E-state index contributed by atoms with van der Waals surface area (Å²) in [4.78, 5) is 16.2. The van der Waals surface area contributed by atoms with Crippen molar-refractivity contribution >= 4 is 17.3 Å². The Morgan fingerprint density at radius 2 is 2.21 bits per heavy atom. The van der Waals surface area contributed by atoms with Crippen LogP contribution in [0.4, 0.5) is 11.4 Å². The number of nitrogens with one attached hydrogen (secondary N) is 1. The zero-order chi connectivity index (χ0) is 14.0. The van der Waals surface area contributed by atoms with Gasteiger partial charge in [-0.3, -0.25) is 4.79 Å². The van der Waals surface area contributed by atoms with E-state index in [0.29, 0.717) is 11.6 Å². The van der Waals surface area contributed by atoms with E-state index in [1.165, 1.54) is 0 Å². The number of hydrogen-bond acceptors (Lipinski definition) is 4. The summed E-state index contributed by atoms with van der Waals surface area (Å²) in [6, 6.07) is 6.00. The van der Waals surface area contributed by atoms with Crippen LogP contribution in [0.3, 0.4) is 0 Å². The number of hydrogen-bond donors (Lipinski definition) is 2. The quantitative estimate of drug-likeness (QED) is 0.790. The van der Waals surface area contributed by atoms with Gasteiger partial charge >= 0.3 is 0 Å². The highest BCUT2D eigenvalue weighted by Gasteiger charge is 2.25. The summed E-state index contributed by atoms with van der Waals surface area (Å²) in [7, 11) is 5.83. The molecule has 1 fully saturated rings. The van der Waals surface area contributed by atoms with Gasteiger partial charge in [-0.15, -0.1) is 0 Å². The number of carbonyl (C=O) groups is 1. The summed E-state index contributed by atoms with van der Waals surface area (Å²) in [6.07, 6.45) is 1.12. The van der Waals surface area contributed by atoms with Crippen LogP contribution >= 0.6 is 0 Å². The van der Waals surface area contributed by atoms with Crippen LogP contribution in [0, 0.1) is 0 Å². The predicted octanol–water partition coefficient (Wildman–Crippen LogP) is 0.769. The first-order chi connectivity index (χ1) is 9.02. The monoisotopic (exact) mass is 262 g/mol. The second kappa shape index (κ2) is 5.48. The number of amides is 1.